The first kappa shape index (κ1) is 14.0. The second-order valence-electron chi connectivity index (χ2n) is 4.95. The van der Waals surface area contributed by atoms with E-state index in [-0.39, 0.29) is 6.54 Å². The summed E-state index contributed by atoms with van der Waals surface area (Å²) in [6.07, 6.45) is 8.69. The molecule has 0 aromatic carbocycles. The van der Waals surface area contributed by atoms with Crippen LogP contribution >= 0.6 is 0 Å². The maximum absolute atomic E-state index is 11.0. The molecule has 1 heterocycles. The molecule has 0 bridgehead atoms. The van der Waals surface area contributed by atoms with E-state index in [1.807, 2.05) is 0 Å². The third kappa shape index (κ3) is 4.38. The van der Waals surface area contributed by atoms with Crippen LogP contribution in [0.5, 0.6) is 0 Å². The maximum atomic E-state index is 11.0. The van der Waals surface area contributed by atoms with Gasteiger partial charge in [0.15, 0.2) is 13.2 Å². The lowest BCUT2D eigenvalue weighted by Crippen LogP contribution is -2.48. The summed E-state index contributed by atoms with van der Waals surface area (Å²) in [4.78, 5) is 13.2. The lowest BCUT2D eigenvalue weighted by atomic mass is 10.3. The molecule has 0 spiro atoms. The molecule has 0 aliphatic carbocycles. The minimum Gasteiger partial charge on any atom is -0.477 e. The summed E-state index contributed by atoms with van der Waals surface area (Å²) in [6, 6.07) is 0. The zero-order valence-electron chi connectivity index (χ0n) is 11.1. The average Bonchev–Trinajstić information content (AvgIpc) is 2.67. The Morgan fingerprint density at radius 2 is 2.06 bits per heavy atom. The SMILES string of the molecule is CCCCN1C=C[N+](CCCC)(CC(=O)O)C1. The molecule has 1 aliphatic heterocycles. The first-order valence-electron chi connectivity index (χ1n) is 6.63. The fraction of sp³-hybridized carbons (Fsp3) is 0.769. The van der Waals surface area contributed by atoms with Crippen molar-refractivity contribution in [2.75, 3.05) is 26.3 Å². The van der Waals surface area contributed by atoms with Gasteiger partial charge in [0.2, 0.25) is 0 Å². The first-order valence-corrected chi connectivity index (χ1v) is 6.63. The number of hydrogen-bond donors (Lipinski definition) is 1. The van der Waals surface area contributed by atoms with Gasteiger partial charge in [-0.3, -0.25) is 4.48 Å². The summed E-state index contributed by atoms with van der Waals surface area (Å²) in [5, 5.41) is 9.03. The predicted molar refractivity (Wildman–Crippen MR) is 68.2 cm³/mol. The molecule has 1 atom stereocenters. The van der Waals surface area contributed by atoms with Crippen LogP contribution in [0.4, 0.5) is 0 Å². The van der Waals surface area contributed by atoms with E-state index in [2.05, 4.69) is 31.1 Å². The second-order valence-corrected chi connectivity index (χ2v) is 4.95. The zero-order chi connectivity index (χ0) is 12.7. The lowest BCUT2D eigenvalue weighted by molar-refractivity contribution is -0.874. The number of aliphatic carboxylic acids is 1. The summed E-state index contributed by atoms with van der Waals surface area (Å²) in [7, 11) is 0. The monoisotopic (exact) mass is 241 g/mol. The third-order valence-electron chi connectivity index (χ3n) is 3.26. The molecule has 17 heavy (non-hydrogen) atoms. The van der Waals surface area contributed by atoms with E-state index in [1.54, 1.807) is 0 Å². The normalized spacial score (nSPS) is 23.3. The number of hydrogen-bond acceptors (Lipinski definition) is 2. The Bertz CT molecular complexity index is 279. The number of rotatable bonds is 8. The topological polar surface area (TPSA) is 40.5 Å². The van der Waals surface area contributed by atoms with Gasteiger partial charge in [-0.1, -0.05) is 26.7 Å². The number of nitrogens with zero attached hydrogens (tertiary/aromatic N) is 2. The van der Waals surface area contributed by atoms with E-state index in [0.29, 0.717) is 4.48 Å². The molecule has 4 heteroatoms. The molecular formula is C13H25N2O2+. The van der Waals surface area contributed by atoms with Gasteiger partial charge in [0.25, 0.3) is 0 Å². The largest absolute Gasteiger partial charge is 0.477 e. The number of carboxylic acid groups (broad SMARTS) is 1. The van der Waals surface area contributed by atoms with Crippen LogP contribution in [0, 0.1) is 0 Å². The third-order valence-corrected chi connectivity index (χ3v) is 3.26. The summed E-state index contributed by atoms with van der Waals surface area (Å²) in [5.74, 6) is -0.705. The van der Waals surface area contributed by atoms with Gasteiger partial charge in [-0.05, 0) is 12.8 Å². The van der Waals surface area contributed by atoms with Crippen LogP contribution in [-0.2, 0) is 4.79 Å². The van der Waals surface area contributed by atoms with E-state index in [1.165, 1.54) is 12.8 Å². The Labute approximate surface area is 104 Å². The molecular weight excluding hydrogens is 216 g/mol. The van der Waals surface area contributed by atoms with Gasteiger partial charge in [0.05, 0.1) is 12.7 Å². The minimum absolute atomic E-state index is 0.207. The van der Waals surface area contributed by atoms with Gasteiger partial charge in [-0.2, -0.15) is 0 Å². The molecule has 0 amide bonds. The molecule has 0 aromatic rings. The molecule has 1 aliphatic rings. The van der Waals surface area contributed by atoms with E-state index in [9.17, 15) is 4.79 Å². The minimum atomic E-state index is -0.705. The highest BCUT2D eigenvalue weighted by atomic mass is 16.4. The van der Waals surface area contributed by atoms with E-state index in [0.717, 1.165) is 32.6 Å². The van der Waals surface area contributed by atoms with Crippen LogP contribution in [-0.4, -0.2) is 46.8 Å². The Morgan fingerprint density at radius 1 is 1.35 bits per heavy atom. The molecule has 1 unspecified atom stereocenters. The van der Waals surface area contributed by atoms with Crippen molar-refractivity contribution in [3.63, 3.8) is 0 Å². The van der Waals surface area contributed by atoms with Crippen molar-refractivity contribution in [1.82, 2.24) is 4.90 Å². The van der Waals surface area contributed by atoms with Crippen LogP contribution < -0.4 is 0 Å². The van der Waals surface area contributed by atoms with Crippen molar-refractivity contribution in [2.24, 2.45) is 0 Å². The van der Waals surface area contributed by atoms with Gasteiger partial charge in [0, 0.05) is 6.54 Å². The molecule has 4 nitrogen and oxygen atoms in total. The summed E-state index contributed by atoms with van der Waals surface area (Å²) < 4.78 is 0.590. The highest BCUT2D eigenvalue weighted by molar-refractivity contribution is 5.68. The fourth-order valence-corrected chi connectivity index (χ4v) is 2.27. The second kappa shape index (κ2) is 6.64. The Balaban J connectivity index is 2.55. The standard InChI is InChI=1S/C13H24N2O2/c1-3-5-7-14-8-10-15(12-14,9-6-4-2)11-13(16)17/h8,10H,3-7,9,11-12H2,1-2H3/p+1. The Morgan fingerprint density at radius 3 is 2.65 bits per heavy atom. The van der Waals surface area contributed by atoms with Crippen LogP contribution in [0.25, 0.3) is 0 Å². The van der Waals surface area contributed by atoms with Crippen molar-refractivity contribution in [3.8, 4) is 0 Å². The number of quaternary nitrogens is 1. The van der Waals surface area contributed by atoms with E-state index < -0.39 is 5.97 Å². The van der Waals surface area contributed by atoms with Gasteiger partial charge >= 0.3 is 5.97 Å². The molecule has 1 rings (SSSR count). The average molecular weight is 241 g/mol. The first-order chi connectivity index (χ1) is 8.12. The lowest BCUT2D eigenvalue weighted by Gasteiger charge is -2.31. The summed E-state index contributed by atoms with van der Waals surface area (Å²) >= 11 is 0. The molecule has 0 radical (unpaired) electrons. The van der Waals surface area contributed by atoms with Crippen molar-refractivity contribution >= 4 is 5.97 Å². The Hall–Kier alpha value is -1.03. The van der Waals surface area contributed by atoms with Gasteiger partial charge in [-0.25, -0.2) is 4.79 Å². The quantitative estimate of drug-likeness (QED) is 0.662. The Kier molecular flexibility index (Phi) is 5.48. The molecule has 0 aromatic heterocycles. The highest BCUT2D eigenvalue weighted by Crippen LogP contribution is 2.19. The van der Waals surface area contributed by atoms with Crippen LogP contribution in [0.15, 0.2) is 12.4 Å². The fourth-order valence-electron chi connectivity index (χ4n) is 2.27. The molecule has 0 fully saturated rings. The van der Waals surface area contributed by atoms with Crippen molar-refractivity contribution in [1.29, 1.82) is 0 Å². The van der Waals surface area contributed by atoms with Crippen LogP contribution in [0.3, 0.4) is 0 Å². The summed E-state index contributed by atoms with van der Waals surface area (Å²) in [5.41, 5.74) is 0. The molecule has 0 saturated heterocycles. The predicted octanol–water partition coefficient (Wildman–Crippen LogP) is 2.23. The number of carbonyl (C=O) groups is 1. The smallest absolute Gasteiger partial charge is 0.359 e. The molecule has 0 saturated carbocycles. The van der Waals surface area contributed by atoms with E-state index >= 15 is 0 Å². The van der Waals surface area contributed by atoms with Crippen molar-refractivity contribution in [3.05, 3.63) is 12.4 Å². The van der Waals surface area contributed by atoms with Crippen molar-refractivity contribution in [2.45, 2.75) is 39.5 Å². The number of unbranched alkanes of at least 4 members (excludes halogenated alkanes) is 2. The van der Waals surface area contributed by atoms with Crippen molar-refractivity contribution < 1.29 is 14.4 Å². The van der Waals surface area contributed by atoms with Crippen LogP contribution in [0.2, 0.25) is 0 Å². The van der Waals surface area contributed by atoms with Gasteiger partial charge in [-0.15, -0.1) is 0 Å². The summed E-state index contributed by atoms with van der Waals surface area (Å²) in [6.45, 7) is 7.33. The highest BCUT2D eigenvalue weighted by Gasteiger charge is 2.33. The maximum Gasteiger partial charge on any atom is 0.359 e. The van der Waals surface area contributed by atoms with Gasteiger partial charge in [0.1, 0.15) is 6.20 Å². The van der Waals surface area contributed by atoms with E-state index in [4.69, 9.17) is 5.11 Å². The molecule has 1 N–H and O–H groups in total. The van der Waals surface area contributed by atoms with Crippen LogP contribution in [0.1, 0.15) is 39.5 Å². The van der Waals surface area contributed by atoms with Gasteiger partial charge < -0.3 is 10.0 Å². The number of carboxylic acids is 1. The molecule has 98 valence electrons. The zero-order valence-corrected chi connectivity index (χ0v) is 11.1.